The Kier molecular flexibility index (Phi) is 5.20. The van der Waals surface area contributed by atoms with Gasteiger partial charge >= 0.3 is 0 Å². The molecule has 4 rings (SSSR count). The highest BCUT2D eigenvalue weighted by molar-refractivity contribution is 5.94. The van der Waals surface area contributed by atoms with Gasteiger partial charge in [0.2, 0.25) is 0 Å². The first-order valence-electron chi connectivity index (χ1n) is 9.56. The molecule has 0 aliphatic carbocycles. The Morgan fingerprint density at radius 3 is 2.59 bits per heavy atom. The zero-order valence-electron chi connectivity index (χ0n) is 15.3. The van der Waals surface area contributed by atoms with Crippen LogP contribution in [0.5, 0.6) is 0 Å². The Morgan fingerprint density at radius 1 is 1.11 bits per heavy atom. The van der Waals surface area contributed by atoms with Gasteiger partial charge in [-0.05, 0) is 56.0 Å². The summed E-state index contributed by atoms with van der Waals surface area (Å²) in [6.07, 6.45) is 4.45. The number of rotatable bonds is 5. The molecule has 3 heterocycles. The fourth-order valence-corrected chi connectivity index (χ4v) is 3.57. The molecule has 2 aromatic rings. The molecule has 1 aromatic heterocycles. The van der Waals surface area contributed by atoms with E-state index in [2.05, 4.69) is 15.3 Å². The number of carbonyl (C=O) groups is 1. The van der Waals surface area contributed by atoms with Crippen LogP contribution in [0.3, 0.4) is 0 Å². The third-order valence-electron chi connectivity index (χ3n) is 5.10. The van der Waals surface area contributed by atoms with E-state index < -0.39 is 0 Å². The van der Waals surface area contributed by atoms with Gasteiger partial charge in [-0.2, -0.15) is 4.68 Å². The first-order valence-corrected chi connectivity index (χ1v) is 9.56. The molecule has 2 aliphatic heterocycles. The summed E-state index contributed by atoms with van der Waals surface area (Å²) in [5.41, 5.74) is 1.02. The van der Waals surface area contributed by atoms with Crippen molar-refractivity contribution in [2.75, 3.05) is 31.1 Å². The molecule has 2 aliphatic rings. The van der Waals surface area contributed by atoms with Crippen LogP contribution in [-0.2, 0) is 4.74 Å². The van der Waals surface area contributed by atoms with Gasteiger partial charge in [0.05, 0.1) is 11.8 Å². The number of hydrogen-bond donors (Lipinski definition) is 1. The van der Waals surface area contributed by atoms with Crippen LogP contribution in [-0.4, -0.2) is 48.0 Å². The van der Waals surface area contributed by atoms with E-state index in [4.69, 9.17) is 4.74 Å². The van der Waals surface area contributed by atoms with Crippen molar-refractivity contribution in [1.29, 1.82) is 0 Å². The van der Waals surface area contributed by atoms with E-state index in [0.717, 1.165) is 51.2 Å². The van der Waals surface area contributed by atoms with Gasteiger partial charge in [0.25, 0.3) is 11.5 Å². The molecule has 7 nitrogen and oxygen atoms in total. The van der Waals surface area contributed by atoms with Crippen LogP contribution in [0.25, 0.3) is 5.69 Å². The summed E-state index contributed by atoms with van der Waals surface area (Å²) in [7, 11) is 0. The summed E-state index contributed by atoms with van der Waals surface area (Å²) in [4.78, 5) is 26.7. The second kappa shape index (κ2) is 7.92. The summed E-state index contributed by atoms with van der Waals surface area (Å²) in [5, 5.41) is 7.40. The summed E-state index contributed by atoms with van der Waals surface area (Å²) in [6.45, 7) is 3.23. The predicted octanol–water partition coefficient (Wildman–Crippen LogP) is 1.74. The van der Waals surface area contributed by atoms with Gasteiger partial charge in [-0.25, -0.2) is 0 Å². The average molecular weight is 368 g/mol. The Labute approximate surface area is 157 Å². The fraction of sp³-hybridized carbons (Fsp3) is 0.450. The standard InChI is InChI=1S/C20H24N4O3/c25-19-10-9-18(23-11-1-2-12-23)22-24(19)16-7-5-15(6-8-16)20(26)21-14-17-4-3-13-27-17/h5-10,17H,1-4,11-14H2,(H,21,26)/t17-/m1/s1. The summed E-state index contributed by atoms with van der Waals surface area (Å²) < 4.78 is 6.91. The largest absolute Gasteiger partial charge is 0.376 e. The zero-order valence-corrected chi connectivity index (χ0v) is 15.3. The number of carbonyl (C=O) groups excluding carboxylic acids is 1. The summed E-state index contributed by atoms with van der Waals surface area (Å²) in [6, 6.07) is 10.3. The number of amides is 1. The lowest BCUT2D eigenvalue weighted by Crippen LogP contribution is -2.31. The number of anilines is 1. The van der Waals surface area contributed by atoms with Crippen LogP contribution in [0.2, 0.25) is 0 Å². The van der Waals surface area contributed by atoms with Crippen molar-refractivity contribution >= 4 is 11.7 Å². The van der Waals surface area contributed by atoms with Crippen LogP contribution in [0.15, 0.2) is 41.2 Å². The smallest absolute Gasteiger partial charge is 0.271 e. The highest BCUT2D eigenvalue weighted by Crippen LogP contribution is 2.17. The molecular formula is C20H24N4O3. The van der Waals surface area contributed by atoms with E-state index in [1.165, 1.54) is 4.68 Å². The van der Waals surface area contributed by atoms with Crippen LogP contribution in [0.4, 0.5) is 5.82 Å². The van der Waals surface area contributed by atoms with Gasteiger partial charge in [-0.1, -0.05) is 0 Å². The summed E-state index contributed by atoms with van der Waals surface area (Å²) in [5.74, 6) is 0.675. The highest BCUT2D eigenvalue weighted by atomic mass is 16.5. The van der Waals surface area contributed by atoms with Gasteiger partial charge in [0.1, 0.15) is 5.82 Å². The number of benzene rings is 1. The second-order valence-corrected chi connectivity index (χ2v) is 7.03. The van der Waals surface area contributed by atoms with Crippen molar-refractivity contribution in [2.45, 2.75) is 31.8 Å². The fourth-order valence-electron chi connectivity index (χ4n) is 3.57. The zero-order chi connectivity index (χ0) is 18.6. The molecule has 1 aromatic carbocycles. The lowest BCUT2D eigenvalue weighted by molar-refractivity contribution is 0.0858. The van der Waals surface area contributed by atoms with Crippen LogP contribution < -0.4 is 15.8 Å². The maximum absolute atomic E-state index is 12.3. The van der Waals surface area contributed by atoms with Crippen molar-refractivity contribution in [3.63, 3.8) is 0 Å². The molecule has 142 valence electrons. The van der Waals surface area contributed by atoms with Crippen LogP contribution in [0, 0.1) is 0 Å². The Hall–Kier alpha value is -2.67. The molecule has 0 radical (unpaired) electrons. The van der Waals surface area contributed by atoms with E-state index >= 15 is 0 Å². The third kappa shape index (κ3) is 4.03. The van der Waals surface area contributed by atoms with Gasteiger partial charge < -0.3 is 15.0 Å². The first kappa shape index (κ1) is 17.7. The highest BCUT2D eigenvalue weighted by Gasteiger charge is 2.17. The quantitative estimate of drug-likeness (QED) is 0.870. The average Bonchev–Trinajstić information content (AvgIpc) is 3.41. The molecule has 2 saturated heterocycles. The molecule has 1 N–H and O–H groups in total. The Morgan fingerprint density at radius 2 is 1.89 bits per heavy atom. The number of ether oxygens (including phenoxy) is 1. The molecule has 0 spiro atoms. The molecule has 1 amide bonds. The minimum atomic E-state index is -0.187. The van der Waals surface area contributed by atoms with Gasteiger partial charge in [0, 0.05) is 37.9 Å². The van der Waals surface area contributed by atoms with E-state index in [9.17, 15) is 9.59 Å². The first-order chi connectivity index (χ1) is 13.2. The normalized spacial score (nSPS) is 19.4. The third-order valence-corrected chi connectivity index (χ3v) is 5.10. The van der Waals surface area contributed by atoms with Gasteiger partial charge in [0.15, 0.2) is 0 Å². The maximum atomic E-state index is 12.3. The lowest BCUT2D eigenvalue weighted by atomic mass is 10.2. The van der Waals surface area contributed by atoms with Crippen molar-refractivity contribution in [3.05, 3.63) is 52.3 Å². The lowest BCUT2D eigenvalue weighted by Gasteiger charge is -2.17. The number of aromatic nitrogens is 2. The van der Waals surface area contributed by atoms with Crippen molar-refractivity contribution < 1.29 is 9.53 Å². The minimum absolute atomic E-state index is 0.115. The molecule has 7 heteroatoms. The molecule has 0 unspecified atom stereocenters. The Balaban J connectivity index is 1.47. The second-order valence-electron chi connectivity index (χ2n) is 7.03. The van der Waals surface area contributed by atoms with Gasteiger partial charge in [-0.3, -0.25) is 9.59 Å². The topological polar surface area (TPSA) is 76.5 Å². The van der Waals surface area contributed by atoms with E-state index in [0.29, 0.717) is 17.8 Å². The number of hydrogen-bond acceptors (Lipinski definition) is 5. The van der Waals surface area contributed by atoms with Crippen molar-refractivity contribution in [1.82, 2.24) is 15.1 Å². The monoisotopic (exact) mass is 368 g/mol. The number of nitrogens with zero attached hydrogens (tertiary/aromatic N) is 3. The molecule has 0 bridgehead atoms. The summed E-state index contributed by atoms with van der Waals surface area (Å²) >= 11 is 0. The minimum Gasteiger partial charge on any atom is -0.376 e. The predicted molar refractivity (Wildman–Crippen MR) is 103 cm³/mol. The molecule has 27 heavy (non-hydrogen) atoms. The SMILES string of the molecule is O=C(NC[C@H]1CCCO1)c1ccc(-n2nc(N3CCCC3)ccc2=O)cc1. The van der Waals surface area contributed by atoms with Crippen LogP contribution in [0.1, 0.15) is 36.0 Å². The Bertz CT molecular complexity index is 850. The number of nitrogens with one attached hydrogen (secondary N) is 1. The maximum Gasteiger partial charge on any atom is 0.271 e. The van der Waals surface area contributed by atoms with Gasteiger partial charge in [-0.15, -0.1) is 5.10 Å². The molecule has 0 saturated carbocycles. The van der Waals surface area contributed by atoms with E-state index in [1.54, 1.807) is 36.4 Å². The van der Waals surface area contributed by atoms with E-state index in [1.807, 2.05) is 0 Å². The van der Waals surface area contributed by atoms with Crippen molar-refractivity contribution in [3.8, 4) is 5.69 Å². The van der Waals surface area contributed by atoms with Crippen molar-refractivity contribution in [2.24, 2.45) is 0 Å². The molecular weight excluding hydrogens is 344 g/mol. The van der Waals surface area contributed by atoms with E-state index in [-0.39, 0.29) is 17.6 Å². The van der Waals surface area contributed by atoms with Crippen LogP contribution >= 0.6 is 0 Å². The molecule has 1 atom stereocenters. The molecule has 2 fully saturated rings.